The summed E-state index contributed by atoms with van der Waals surface area (Å²) < 4.78 is 1.55. The molecule has 0 aliphatic rings. The van der Waals surface area contributed by atoms with Crippen molar-refractivity contribution in [1.82, 2.24) is 14.8 Å². The maximum absolute atomic E-state index is 11.8. The van der Waals surface area contributed by atoms with Crippen LogP contribution < -0.4 is 5.56 Å². The minimum Gasteiger partial charge on any atom is -0.268 e. The lowest BCUT2D eigenvalue weighted by Crippen LogP contribution is -2.22. The van der Waals surface area contributed by atoms with E-state index in [1.54, 1.807) is 23.0 Å². The Hall–Kier alpha value is -1.97. The molecule has 2 aromatic rings. The summed E-state index contributed by atoms with van der Waals surface area (Å²) in [6.07, 6.45) is 7.60. The van der Waals surface area contributed by atoms with E-state index in [4.69, 9.17) is 0 Å². The Kier molecular flexibility index (Phi) is 5.47. The van der Waals surface area contributed by atoms with Crippen molar-refractivity contribution >= 4 is 0 Å². The molecule has 20 heavy (non-hydrogen) atoms. The summed E-state index contributed by atoms with van der Waals surface area (Å²) in [6.45, 7) is 2.88. The summed E-state index contributed by atoms with van der Waals surface area (Å²) >= 11 is 0. The van der Waals surface area contributed by atoms with Crippen LogP contribution in [0.5, 0.6) is 0 Å². The van der Waals surface area contributed by atoms with Crippen LogP contribution >= 0.6 is 0 Å². The van der Waals surface area contributed by atoms with Gasteiger partial charge in [0.1, 0.15) is 5.69 Å². The number of aryl methyl sites for hydroxylation is 1. The lowest BCUT2D eigenvalue weighted by atomic mass is 10.1. The maximum Gasteiger partial charge on any atom is 0.266 e. The van der Waals surface area contributed by atoms with Crippen molar-refractivity contribution in [3.63, 3.8) is 0 Å². The number of hydrogen-bond donors (Lipinski definition) is 0. The van der Waals surface area contributed by atoms with Gasteiger partial charge >= 0.3 is 0 Å². The van der Waals surface area contributed by atoms with Crippen molar-refractivity contribution < 1.29 is 0 Å². The van der Waals surface area contributed by atoms with Crippen LogP contribution in [0.25, 0.3) is 11.4 Å². The first kappa shape index (κ1) is 14.4. The maximum atomic E-state index is 11.8. The van der Waals surface area contributed by atoms with Gasteiger partial charge in [-0.3, -0.25) is 9.78 Å². The third-order valence-corrected chi connectivity index (χ3v) is 3.27. The van der Waals surface area contributed by atoms with Gasteiger partial charge in [0.15, 0.2) is 0 Å². The van der Waals surface area contributed by atoms with Crippen molar-refractivity contribution in [1.29, 1.82) is 0 Å². The summed E-state index contributed by atoms with van der Waals surface area (Å²) in [5.74, 6) is 0. The Balaban J connectivity index is 2.04. The Morgan fingerprint density at radius 2 is 1.85 bits per heavy atom. The first-order chi connectivity index (χ1) is 9.81. The van der Waals surface area contributed by atoms with Crippen molar-refractivity contribution in [3.8, 4) is 11.4 Å². The molecule has 0 atom stereocenters. The second-order valence-corrected chi connectivity index (χ2v) is 4.91. The van der Waals surface area contributed by atoms with E-state index >= 15 is 0 Å². The predicted molar refractivity (Wildman–Crippen MR) is 80.5 cm³/mol. The van der Waals surface area contributed by atoms with Gasteiger partial charge in [-0.1, -0.05) is 38.7 Å². The fourth-order valence-corrected chi connectivity index (χ4v) is 2.13. The number of hydrogen-bond acceptors (Lipinski definition) is 3. The molecule has 0 N–H and O–H groups in total. The molecule has 2 rings (SSSR count). The van der Waals surface area contributed by atoms with Gasteiger partial charge in [0.25, 0.3) is 5.56 Å². The molecule has 106 valence electrons. The molecule has 0 spiro atoms. The lowest BCUT2D eigenvalue weighted by molar-refractivity contribution is 0.515. The number of pyridine rings is 1. The van der Waals surface area contributed by atoms with Gasteiger partial charge in [-0.2, -0.15) is 5.10 Å². The number of unbranched alkanes of at least 4 members (excludes halogenated alkanes) is 4. The van der Waals surface area contributed by atoms with Gasteiger partial charge in [-0.25, -0.2) is 4.68 Å². The molecule has 0 aromatic carbocycles. The zero-order valence-electron chi connectivity index (χ0n) is 12.0. The fraction of sp³-hybridized carbons (Fsp3) is 0.438. The third-order valence-electron chi connectivity index (χ3n) is 3.27. The normalized spacial score (nSPS) is 10.7. The van der Waals surface area contributed by atoms with Gasteiger partial charge in [0, 0.05) is 18.8 Å². The number of rotatable bonds is 7. The molecule has 4 heteroatoms. The molecule has 0 aliphatic carbocycles. The molecule has 0 fully saturated rings. The Morgan fingerprint density at radius 3 is 2.60 bits per heavy atom. The Bertz CT molecular complexity index is 578. The highest BCUT2D eigenvalue weighted by Gasteiger charge is 2.03. The second-order valence-electron chi connectivity index (χ2n) is 4.91. The highest BCUT2D eigenvalue weighted by atomic mass is 16.1. The highest BCUT2D eigenvalue weighted by Crippen LogP contribution is 2.11. The fourth-order valence-electron chi connectivity index (χ4n) is 2.13. The van der Waals surface area contributed by atoms with Crippen LogP contribution in [0.1, 0.15) is 39.0 Å². The minimum atomic E-state index is -0.0415. The lowest BCUT2D eigenvalue weighted by Gasteiger charge is -2.06. The summed E-state index contributed by atoms with van der Waals surface area (Å²) in [7, 11) is 0. The minimum absolute atomic E-state index is 0.0415. The molecular weight excluding hydrogens is 250 g/mol. The molecule has 0 bridgehead atoms. The first-order valence-corrected chi connectivity index (χ1v) is 7.31. The quantitative estimate of drug-likeness (QED) is 0.726. The summed E-state index contributed by atoms with van der Waals surface area (Å²) in [4.78, 5) is 16.1. The SMILES string of the molecule is CCCCCCCn1nc(-c2ccccn2)ccc1=O. The monoisotopic (exact) mass is 271 g/mol. The van der Waals surface area contributed by atoms with Crippen molar-refractivity contribution in [2.45, 2.75) is 45.6 Å². The number of aromatic nitrogens is 3. The van der Waals surface area contributed by atoms with E-state index in [1.165, 1.54) is 19.3 Å². The average Bonchev–Trinajstić information content (AvgIpc) is 2.49. The van der Waals surface area contributed by atoms with E-state index in [9.17, 15) is 4.79 Å². The molecule has 0 saturated heterocycles. The first-order valence-electron chi connectivity index (χ1n) is 7.31. The summed E-state index contributed by atoms with van der Waals surface area (Å²) in [6, 6.07) is 9.00. The summed E-state index contributed by atoms with van der Waals surface area (Å²) in [5.41, 5.74) is 1.51. The van der Waals surface area contributed by atoms with Crippen LogP contribution in [0.4, 0.5) is 0 Å². The van der Waals surface area contributed by atoms with E-state index in [-0.39, 0.29) is 5.56 Å². The van der Waals surface area contributed by atoms with E-state index in [2.05, 4.69) is 17.0 Å². The smallest absolute Gasteiger partial charge is 0.266 e. The van der Waals surface area contributed by atoms with Crippen LogP contribution in [0.2, 0.25) is 0 Å². The topological polar surface area (TPSA) is 47.8 Å². The molecule has 0 saturated carbocycles. The molecule has 0 amide bonds. The van der Waals surface area contributed by atoms with Gasteiger partial charge in [-0.05, 0) is 24.6 Å². The highest BCUT2D eigenvalue weighted by molar-refractivity contribution is 5.52. The average molecular weight is 271 g/mol. The predicted octanol–water partition coefficient (Wildman–Crippen LogP) is 3.28. The van der Waals surface area contributed by atoms with Gasteiger partial charge in [-0.15, -0.1) is 0 Å². The van der Waals surface area contributed by atoms with Crippen LogP contribution in [-0.2, 0) is 6.54 Å². The standard InChI is InChI=1S/C16H21N3O/c1-2-3-4-5-8-13-19-16(20)11-10-15(18-19)14-9-6-7-12-17-14/h6-7,9-12H,2-5,8,13H2,1H3. The third kappa shape index (κ3) is 4.02. The van der Waals surface area contributed by atoms with Crippen LogP contribution in [0, 0.1) is 0 Å². The molecular formula is C16H21N3O. The van der Waals surface area contributed by atoms with E-state index in [0.29, 0.717) is 6.54 Å². The van der Waals surface area contributed by atoms with Gasteiger partial charge in [0.05, 0.1) is 5.69 Å². The summed E-state index contributed by atoms with van der Waals surface area (Å²) in [5, 5.41) is 4.40. The van der Waals surface area contributed by atoms with Crippen molar-refractivity contribution in [2.24, 2.45) is 0 Å². The van der Waals surface area contributed by atoms with Crippen LogP contribution in [0.15, 0.2) is 41.3 Å². The zero-order chi connectivity index (χ0) is 14.2. The van der Waals surface area contributed by atoms with Crippen molar-refractivity contribution in [2.75, 3.05) is 0 Å². The zero-order valence-corrected chi connectivity index (χ0v) is 12.0. The Morgan fingerprint density at radius 1 is 1.00 bits per heavy atom. The van der Waals surface area contributed by atoms with Crippen molar-refractivity contribution in [3.05, 3.63) is 46.9 Å². The second kappa shape index (κ2) is 7.58. The molecule has 4 nitrogen and oxygen atoms in total. The van der Waals surface area contributed by atoms with E-state index in [0.717, 1.165) is 24.2 Å². The molecule has 0 unspecified atom stereocenters. The molecule has 0 aliphatic heterocycles. The largest absolute Gasteiger partial charge is 0.268 e. The van der Waals surface area contributed by atoms with E-state index < -0.39 is 0 Å². The molecule has 2 heterocycles. The van der Waals surface area contributed by atoms with E-state index in [1.807, 2.05) is 18.2 Å². The van der Waals surface area contributed by atoms with Crippen LogP contribution in [0.3, 0.4) is 0 Å². The Labute approximate surface area is 119 Å². The van der Waals surface area contributed by atoms with Gasteiger partial charge < -0.3 is 0 Å². The molecule has 0 radical (unpaired) electrons. The van der Waals surface area contributed by atoms with Gasteiger partial charge in [0.2, 0.25) is 0 Å². The molecule has 2 aromatic heterocycles. The number of nitrogens with zero attached hydrogens (tertiary/aromatic N) is 3. The van der Waals surface area contributed by atoms with Crippen LogP contribution in [-0.4, -0.2) is 14.8 Å².